The molecule has 1 aromatic heterocycles. The van der Waals surface area contributed by atoms with Crippen molar-refractivity contribution >= 4 is 56.6 Å². The third-order valence-corrected chi connectivity index (χ3v) is 5.02. The Bertz CT molecular complexity index is 740. The molecule has 3 rings (SSSR count). The third kappa shape index (κ3) is 2.73. The van der Waals surface area contributed by atoms with Gasteiger partial charge in [-0.3, -0.25) is 0 Å². The average molecular weight is 345 g/mol. The van der Waals surface area contributed by atoms with Crippen LogP contribution in [0, 0.1) is 0 Å². The second-order valence-electron chi connectivity index (χ2n) is 4.76. The summed E-state index contributed by atoms with van der Waals surface area (Å²) in [5.74, 6) is -1.13. The van der Waals surface area contributed by atoms with Crippen LogP contribution in [0.4, 0.5) is 0 Å². The fraction of sp³-hybridized carbons (Fsp3) is 0.286. The number of rotatable bonds is 2. The first-order chi connectivity index (χ1) is 9.95. The van der Waals surface area contributed by atoms with E-state index in [9.17, 15) is 9.59 Å². The van der Waals surface area contributed by atoms with Crippen LogP contribution < -0.4 is 0 Å². The van der Waals surface area contributed by atoms with Crippen molar-refractivity contribution in [3.8, 4) is 0 Å². The quantitative estimate of drug-likeness (QED) is 0.770. The van der Waals surface area contributed by atoms with Crippen LogP contribution in [-0.2, 0) is 14.3 Å². The van der Waals surface area contributed by atoms with Gasteiger partial charge in [0.25, 0.3) is 0 Å². The van der Waals surface area contributed by atoms with E-state index in [4.69, 9.17) is 32.7 Å². The minimum Gasteiger partial charge on any atom is -0.460 e. The number of benzene rings is 1. The summed E-state index contributed by atoms with van der Waals surface area (Å²) in [5, 5.41) is 1.62. The molecule has 4 nitrogen and oxygen atoms in total. The molecule has 1 aliphatic rings. The van der Waals surface area contributed by atoms with Gasteiger partial charge in [-0.1, -0.05) is 29.3 Å². The van der Waals surface area contributed by atoms with E-state index in [-0.39, 0.29) is 11.0 Å². The van der Waals surface area contributed by atoms with E-state index >= 15 is 0 Å². The molecule has 0 amide bonds. The molecule has 2 atom stereocenters. The van der Waals surface area contributed by atoms with Crippen LogP contribution in [-0.4, -0.2) is 24.1 Å². The van der Waals surface area contributed by atoms with Crippen LogP contribution in [0.3, 0.4) is 0 Å². The number of thiophene rings is 1. The van der Waals surface area contributed by atoms with Gasteiger partial charge in [0.2, 0.25) is 6.10 Å². The number of fused-ring (bicyclic) bond motifs is 1. The summed E-state index contributed by atoms with van der Waals surface area (Å²) < 4.78 is 10.9. The monoisotopic (exact) mass is 344 g/mol. The van der Waals surface area contributed by atoms with Crippen LogP contribution in [0.25, 0.3) is 10.1 Å². The number of carbonyl (C=O) groups is 2. The number of carbonyl (C=O) groups excluding carboxylic acids is 2. The summed E-state index contributed by atoms with van der Waals surface area (Å²) >= 11 is 13.3. The van der Waals surface area contributed by atoms with Crippen LogP contribution in [0.15, 0.2) is 18.2 Å². The van der Waals surface area contributed by atoms with E-state index in [1.807, 2.05) is 0 Å². The Morgan fingerprint density at radius 2 is 2.19 bits per heavy atom. The van der Waals surface area contributed by atoms with Crippen molar-refractivity contribution in [2.75, 3.05) is 0 Å². The Hall–Kier alpha value is -1.30. The van der Waals surface area contributed by atoms with Gasteiger partial charge in [-0.25, -0.2) is 9.59 Å². The van der Waals surface area contributed by atoms with Crippen molar-refractivity contribution in [3.63, 3.8) is 0 Å². The lowest BCUT2D eigenvalue weighted by molar-refractivity contribution is -0.147. The average Bonchev–Trinajstić information content (AvgIpc) is 2.90. The van der Waals surface area contributed by atoms with E-state index in [0.29, 0.717) is 16.5 Å². The van der Waals surface area contributed by atoms with Crippen molar-refractivity contribution in [3.05, 3.63) is 33.1 Å². The zero-order chi connectivity index (χ0) is 15.1. The lowest BCUT2D eigenvalue weighted by Crippen LogP contribution is -2.22. The molecule has 0 unspecified atom stereocenters. The molecule has 0 N–H and O–H groups in total. The molecule has 21 heavy (non-hydrogen) atoms. The second kappa shape index (κ2) is 5.48. The molecule has 2 heterocycles. The number of halogens is 2. The molecular weight excluding hydrogens is 335 g/mol. The first-order valence-electron chi connectivity index (χ1n) is 6.24. The van der Waals surface area contributed by atoms with Gasteiger partial charge in [-0.15, -0.1) is 11.3 Å². The highest BCUT2D eigenvalue weighted by molar-refractivity contribution is 7.21. The lowest BCUT2D eigenvalue weighted by Gasteiger charge is -2.06. The Morgan fingerprint density at radius 1 is 1.43 bits per heavy atom. The number of ether oxygens (including phenoxy) is 2. The van der Waals surface area contributed by atoms with E-state index in [2.05, 4.69) is 0 Å². The highest BCUT2D eigenvalue weighted by atomic mass is 35.5. The summed E-state index contributed by atoms with van der Waals surface area (Å²) in [6.45, 7) is 1.75. The van der Waals surface area contributed by atoms with Gasteiger partial charge in [0.15, 0.2) is 0 Å². The van der Waals surface area contributed by atoms with E-state index in [1.54, 1.807) is 25.1 Å². The van der Waals surface area contributed by atoms with Crippen LogP contribution in [0.5, 0.6) is 0 Å². The van der Waals surface area contributed by atoms with Crippen molar-refractivity contribution in [2.24, 2.45) is 0 Å². The van der Waals surface area contributed by atoms with Crippen LogP contribution in [0.1, 0.15) is 23.0 Å². The Morgan fingerprint density at radius 3 is 2.86 bits per heavy atom. The maximum Gasteiger partial charge on any atom is 0.350 e. The smallest absolute Gasteiger partial charge is 0.350 e. The summed E-state index contributed by atoms with van der Waals surface area (Å²) in [6, 6.07) is 5.18. The summed E-state index contributed by atoms with van der Waals surface area (Å²) in [6.07, 6.45) is -0.747. The molecule has 1 aliphatic heterocycles. The highest BCUT2D eigenvalue weighted by Gasteiger charge is 2.36. The molecule has 7 heteroatoms. The Labute approximate surface area is 134 Å². The lowest BCUT2D eigenvalue weighted by atomic mass is 10.2. The molecule has 0 bridgehead atoms. The molecule has 1 fully saturated rings. The fourth-order valence-electron chi connectivity index (χ4n) is 2.17. The van der Waals surface area contributed by atoms with Gasteiger partial charge in [-0.2, -0.15) is 0 Å². The summed E-state index contributed by atoms with van der Waals surface area (Å²) in [5.41, 5.74) is 0. The molecule has 1 saturated heterocycles. The summed E-state index contributed by atoms with van der Waals surface area (Å²) in [4.78, 5) is 24.0. The van der Waals surface area contributed by atoms with E-state index in [1.165, 1.54) is 11.3 Å². The molecule has 110 valence electrons. The zero-order valence-corrected chi connectivity index (χ0v) is 13.2. The summed E-state index contributed by atoms with van der Waals surface area (Å²) in [7, 11) is 0. The van der Waals surface area contributed by atoms with Crippen molar-refractivity contribution in [2.45, 2.75) is 25.6 Å². The third-order valence-electron chi connectivity index (χ3n) is 3.15. The van der Waals surface area contributed by atoms with Crippen LogP contribution in [0.2, 0.25) is 10.0 Å². The topological polar surface area (TPSA) is 52.6 Å². The maximum absolute atomic E-state index is 12.2. The van der Waals surface area contributed by atoms with Crippen LogP contribution >= 0.6 is 34.5 Å². The minimum absolute atomic E-state index is 0.244. The van der Waals surface area contributed by atoms with E-state index < -0.39 is 18.0 Å². The molecule has 0 saturated carbocycles. The number of hydrogen-bond donors (Lipinski definition) is 0. The number of esters is 2. The largest absolute Gasteiger partial charge is 0.460 e. The molecular formula is C14H10Cl2O4S. The number of hydrogen-bond acceptors (Lipinski definition) is 5. The van der Waals surface area contributed by atoms with Gasteiger partial charge in [0.1, 0.15) is 11.0 Å². The molecule has 0 radical (unpaired) electrons. The molecule has 0 aliphatic carbocycles. The predicted octanol–water partition coefficient (Wildman–Crippen LogP) is 4.07. The standard InChI is InChI=1S/C14H10Cl2O4S/c1-6-4-9(13(17)19-6)20-14(18)12-11(16)8-3-2-7(15)5-10(8)21-12/h2-3,5-6,9H,4H2,1H3/t6-,9-/m1/s1. The van der Waals surface area contributed by atoms with Crippen molar-refractivity contribution in [1.82, 2.24) is 0 Å². The first kappa shape index (κ1) is 14.6. The van der Waals surface area contributed by atoms with Gasteiger partial charge in [-0.05, 0) is 19.1 Å². The molecule has 0 spiro atoms. The minimum atomic E-state index is -0.864. The van der Waals surface area contributed by atoms with Gasteiger partial charge in [0, 0.05) is 21.5 Å². The maximum atomic E-state index is 12.2. The molecule has 2 aromatic rings. The van der Waals surface area contributed by atoms with E-state index in [0.717, 1.165) is 10.1 Å². The SMILES string of the molecule is C[C@@H]1C[C@@H](OC(=O)c2sc3cc(Cl)ccc3c2Cl)C(=O)O1. The van der Waals surface area contributed by atoms with Gasteiger partial charge < -0.3 is 9.47 Å². The van der Waals surface area contributed by atoms with Crippen molar-refractivity contribution < 1.29 is 19.1 Å². The fourth-order valence-corrected chi connectivity index (χ4v) is 3.84. The zero-order valence-electron chi connectivity index (χ0n) is 10.9. The van der Waals surface area contributed by atoms with Gasteiger partial charge >= 0.3 is 11.9 Å². The van der Waals surface area contributed by atoms with Crippen molar-refractivity contribution in [1.29, 1.82) is 0 Å². The van der Waals surface area contributed by atoms with Gasteiger partial charge in [0.05, 0.1) is 5.02 Å². The Kier molecular flexibility index (Phi) is 3.82. The normalized spacial score (nSPS) is 21.6. The second-order valence-corrected chi connectivity index (χ2v) is 6.63. The first-order valence-corrected chi connectivity index (χ1v) is 7.82. The number of cyclic esters (lactones) is 1. The highest BCUT2D eigenvalue weighted by Crippen LogP contribution is 2.37. The Balaban J connectivity index is 1.88. The predicted molar refractivity (Wildman–Crippen MR) is 81.2 cm³/mol. The molecule has 1 aromatic carbocycles.